The van der Waals surface area contributed by atoms with Crippen LogP contribution in [0.2, 0.25) is 0 Å². The normalized spacial score (nSPS) is 18.1. The van der Waals surface area contributed by atoms with Gasteiger partial charge in [0, 0.05) is 10.0 Å². The lowest BCUT2D eigenvalue weighted by atomic mass is 9.75. The van der Waals surface area contributed by atoms with Crippen LogP contribution in [-0.2, 0) is 4.74 Å². The van der Waals surface area contributed by atoms with Crippen LogP contribution < -0.4 is 10.5 Å². The Hall–Kier alpha value is -1.09. The van der Waals surface area contributed by atoms with Gasteiger partial charge in [-0.15, -0.1) is 0 Å². The van der Waals surface area contributed by atoms with Crippen molar-refractivity contribution in [2.75, 3.05) is 20.3 Å². The van der Waals surface area contributed by atoms with Crippen LogP contribution in [0.3, 0.4) is 0 Å². The second-order valence-electron chi connectivity index (χ2n) is 5.37. The monoisotopic (exact) mass is 338 g/mol. The highest BCUT2D eigenvalue weighted by Gasteiger charge is 2.47. The molecule has 0 amide bonds. The van der Waals surface area contributed by atoms with Crippen LogP contribution in [0.5, 0.6) is 5.75 Å². The lowest BCUT2D eigenvalue weighted by molar-refractivity contribution is -0.0914. The van der Waals surface area contributed by atoms with E-state index in [1.54, 1.807) is 7.11 Å². The molecule has 1 fully saturated rings. The Kier molecular flexibility index (Phi) is 4.10. The average molecular weight is 339 g/mol. The number of benzene rings is 1. The van der Waals surface area contributed by atoms with Crippen molar-refractivity contribution in [3.05, 3.63) is 26.7 Å². The maximum Gasteiger partial charge on any atom is 0.127 e. The molecular formula is C15H19BrN2O2. The van der Waals surface area contributed by atoms with E-state index in [1.165, 1.54) is 0 Å². The van der Waals surface area contributed by atoms with Gasteiger partial charge in [0.25, 0.3) is 0 Å². The molecule has 1 aliphatic rings. The van der Waals surface area contributed by atoms with Crippen LogP contribution in [0.15, 0.2) is 4.47 Å². The molecule has 0 aliphatic carbocycles. The average Bonchev–Trinajstić information content (AvgIpc) is 2.39. The number of nitrogens with two attached hydrogens (primary N) is 1. The Bertz CT molecular complexity index is 589. The molecule has 5 heteroatoms. The molecule has 1 heterocycles. The van der Waals surface area contributed by atoms with E-state index in [2.05, 4.69) is 22.0 Å². The van der Waals surface area contributed by atoms with Gasteiger partial charge in [0.2, 0.25) is 0 Å². The third kappa shape index (κ3) is 2.03. The van der Waals surface area contributed by atoms with Gasteiger partial charge in [-0.25, -0.2) is 0 Å². The smallest absolute Gasteiger partial charge is 0.127 e. The summed E-state index contributed by atoms with van der Waals surface area (Å²) in [5.74, 6) is 0.775. The van der Waals surface area contributed by atoms with Crippen LogP contribution >= 0.6 is 15.9 Å². The summed E-state index contributed by atoms with van der Waals surface area (Å²) in [5.41, 5.74) is 9.85. The van der Waals surface area contributed by atoms with Crippen molar-refractivity contribution in [2.45, 2.75) is 26.8 Å². The van der Waals surface area contributed by atoms with E-state index in [0.717, 1.165) is 32.5 Å². The van der Waals surface area contributed by atoms with E-state index >= 15 is 0 Å². The summed E-state index contributed by atoms with van der Waals surface area (Å²) in [6.07, 6.45) is 0. The van der Waals surface area contributed by atoms with Crippen molar-refractivity contribution < 1.29 is 9.47 Å². The number of hydrogen-bond acceptors (Lipinski definition) is 4. The van der Waals surface area contributed by atoms with Gasteiger partial charge in [-0.2, -0.15) is 5.26 Å². The molecular weight excluding hydrogens is 320 g/mol. The fourth-order valence-corrected chi connectivity index (χ4v) is 3.17. The predicted molar refractivity (Wildman–Crippen MR) is 80.7 cm³/mol. The van der Waals surface area contributed by atoms with Crippen molar-refractivity contribution in [3.63, 3.8) is 0 Å². The van der Waals surface area contributed by atoms with Crippen LogP contribution in [0.4, 0.5) is 0 Å². The van der Waals surface area contributed by atoms with Gasteiger partial charge in [-0.1, -0.05) is 15.9 Å². The van der Waals surface area contributed by atoms with Crippen molar-refractivity contribution in [1.29, 1.82) is 5.26 Å². The molecule has 2 N–H and O–H groups in total. The minimum absolute atomic E-state index is 0.373. The summed E-state index contributed by atoms with van der Waals surface area (Å²) >= 11 is 3.62. The standard InChI is InChI=1S/C15H19BrN2O2/c1-8-9(2)13(19-4)11(10(3)12(8)16)14(18)15(5-17)6-20-7-15/h14H,6-7,18H2,1-4H3. The van der Waals surface area contributed by atoms with Gasteiger partial charge in [0.05, 0.1) is 32.4 Å². The molecule has 2 rings (SSSR count). The largest absolute Gasteiger partial charge is 0.496 e. The van der Waals surface area contributed by atoms with Crippen molar-refractivity contribution in [3.8, 4) is 11.8 Å². The quantitative estimate of drug-likeness (QED) is 0.919. The molecule has 0 radical (unpaired) electrons. The van der Waals surface area contributed by atoms with Crippen molar-refractivity contribution in [2.24, 2.45) is 11.1 Å². The summed E-state index contributed by atoms with van der Waals surface area (Å²) in [7, 11) is 1.64. The topological polar surface area (TPSA) is 68.3 Å². The Morgan fingerprint density at radius 2 is 1.90 bits per heavy atom. The molecule has 4 nitrogen and oxygen atoms in total. The number of halogens is 1. The molecule has 1 unspecified atom stereocenters. The van der Waals surface area contributed by atoms with Gasteiger partial charge in [-0.05, 0) is 37.5 Å². The minimum Gasteiger partial charge on any atom is -0.496 e. The summed E-state index contributed by atoms with van der Waals surface area (Å²) in [5, 5.41) is 9.45. The Morgan fingerprint density at radius 3 is 2.30 bits per heavy atom. The van der Waals surface area contributed by atoms with Crippen LogP contribution in [0, 0.1) is 37.5 Å². The maximum absolute atomic E-state index is 9.45. The molecule has 0 spiro atoms. The Labute approximate surface area is 128 Å². The second-order valence-corrected chi connectivity index (χ2v) is 6.17. The van der Waals surface area contributed by atoms with Gasteiger partial charge < -0.3 is 15.2 Å². The minimum atomic E-state index is -0.654. The van der Waals surface area contributed by atoms with E-state index in [-0.39, 0.29) is 0 Å². The molecule has 0 saturated carbocycles. The highest BCUT2D eigenvalue weighted by Crippen LogP contribution is 2.46. The van der Waals surface area contributed by atoms with E-state index in [0.29, 0.717) is 13.2 Å². The van der Waals surface area contributed by atoms with Gasteiger partial charge >= 0.3 is 0 Å². The van der Waals surface area contributed by atoms with E-state index in [4.69, 9.17) is 15.2 Å². The lowest BCUT2D eigenvalue weighted by Crippen LogP contribution is -2.49. The third-order valence-electron chi connectivity index (χ3n) is 4.26. The highest BCUT2D eigenvalue weighted by atomic mass is 79.9. The van der Waals surface area contributed by atoms with Gasteiger partial charge in [0.15, 0.2) is 0 Å². The molecule has 0 aromatic heterocycles. The molecule has 1 aromatic carbocycles. The molecule has 108 valence electrons. The van der Waals surface area contributed by atoms with E-state index in [9.17, 15) is 5.26 Å². The Morgan fingerprint density at radius 1 is 1.30 bits per heavy atom. The molecule has 1 saturated heterocycles. The number of methoxy groups -OCH3 is 1. The fraction of sp³-hybridized carbons (Fsp3) is 0.533. The van der Waals surface area contributed by atoms with Crippen LogP contribution in [0.1, 0.15) is 28.3 Å². The summed E-state index contributed by atoms with van der Waals surface area (Å²) in [6.45, 7) is 6.79. The van der Waals surface area contributed by atoms with Crippen LogP contribution in [0.25, 0.3) is 0 Å². The van der Waals surface area contributed by atoms with Gasteiger partial charge in [0.1, 0.15) is 11.2 Å². The molecule has 1 atom stereocenters. The zero-order chi connectivity index (χ0) is 15.1. The number of hydrogen-bond donors (Lipinski definition) is 1. The summed E-state index contributed by atoms with van der Waals surface area (Å²) in [6, 6.07) is 1.90. The molecule has 1 aliphatic heterocycles. The zero-order valence-electron chi connectivity index (χ0n) is 12.2. The summed E-state index contributed by atoms with van der Waals surface area (Å²) in [4.78, 5) is 0. The van der Waals surface area contributed by atoms with E-state index in [1.807, 2.05) is 20.8 Å². The third-order valence-corrected chi connectivity index (χ3v) is 5.45. The number of nitriles is 1. The molecule has 0 bridgehead atoms. The van der Waals surface area contributed by atoms with Crippen LogP contribution in [-0.4, -0.2) is 20.3 Å². The SMILES string of the molecule is COc1c(C)c(C)c(Br)c(C)c1C(N)C1(C#N)COC1. The van der Waals surface area contributed by atoms with Gasteiger partial charge in [-0.3, -0.25) is 0 Å². The first-order valence-corrected chi connectivity index (χ1v) is 7.26. The second kappa shape index (κ2) is 5.36. The first-order chi connectivity index (χ1) is 9.39. The first kappa shape index (κ1) is 15.3. The fourth-order valence-electron chi connectivity index (χ4n) is 2.66. The number of nitrogens with zero attached hydrogens (tertiary/aromatic N) is 1. The Balaban J connectivity index is 2.65. The molecule has 1 aromatic rings. The van der Waals surface area contributed by atoms with Crippen molar-refractivity contribution in [1.82, 2.24) is 0 Å². The number of rotatable bonds is 3. The number of ether oxygens (including phenoxy) is 2. The maximum atomic E-state index is 9.45. The predicted octanol–water partition coefficient (Wildman–Crippen LogP) is 2.92. The van der Waals surface area contributed by atoms with E-state index < -0.39 is 11.5 Å². The summed E-state index contributed by atoms with van der Waals surface area (Å²) < 4.78 is 11.8. The molecule has 20 heavy (non-hydrogen) atoms. The first-order valence-electron chi connectivity index (χ1n) is 6.47. The highest BCUT2D eigenvalue weighted by molar-refractivity contribution is 9.10. The lowest BCUT2D eigenvalue weighted by Gasteiger charge is -2.41. The van der Waals surface area contributed by atoms with Crippen molar-refractivity contribution >= 4 is 15.9 Å². The zero-order valence-corrected chi connectivity index (χ0v) is 13.8.